The van der Waals surface area contributed by atoms with E-state index in [1.807, 2.05) is 24.3 Å². The molecule has 2 rings (SSSR count). The van der Waals surface area contributed by atoms with Gasteiger partial charge in [0.2, 0.25) is 5.91 Å². The Morgan fingerprint density at radius 3 is 2.74 bits per heavy atom. The third-order valence-electron chi connectivity index (χ3n) is 2.74. The molecule has 0 aliphatic carbocycles. The Morgan fingerprint density at radius 2 is 2.00 bits per heavy atom. The lowest BCUT2D eigenvalue weighted by Gasteiger charge is -2.08. The average Bonchev–Trinajstić information content (AvgIpc) is 2.45. The Bertz CT molecular complexity index is 644. The van der Waals surface area contributed by atoms with Gasteiger partial charge in [0, 0.05) is 12.1 Å². The maximum atomic E-state index is 11.1. The molecule has 94 valence electrons. The van der Waals surface area contributed by atoms with Crippen LogP contribution < -0.4 is 11.1 Å². The minimum atomic E-state index is -0.445. The zero-order valence-electron chi connectivity index (χ0n) is 10.3. The second-order valence-corrected chi connectivity index (χ2v) is 4.08. The summed E-state index contributed by atoms with van der Waals surface area (Å²) in [5.74, 6) is -0.445. The van der Waals surface area contributed by atoms with Gasteiger partial charge in [-0.1, -0.05) is 24.3 Å². The van der Waals surface area contributed by atoms with E-state index in [2.05, 4.69) is 11.4 Å². The summed E-state index contributed by atoms with van der Waals surface area (Å²) in [5.41, 5.74) is 8.01. The van der Waals surface area contributed by atoms with Gasteiger partial charge in [0.25, 0.3) is 0 Å². The summed E-state index contributed by atoms with van der Waals surface area (Å²) in [6.07, 6.45) is 0. The van der Waals surface area contributed by atoms with Crippen molar-refractivity contribution < 1.29 is 4.79 Å². The normalized spacial score (nSPS) is 9.63. The maximum Gasteiger partial charge on any atom is 0.248 e. The number of carbonyl (C=O) groups excluding carboxylic acids is 1. The number of nitriles is 1. The Kier molecular flexibility index (Phi) is 3.79. The van der Waals surface area contributed by atoms with E-state index in [-0.39, 0.29) is 0 Å². The molecule has 0 saturated carbocycles. The number of amides is 1. The monoisotopic (exact) mass is 251 g/mol. The highest BCUT2D eigenvalue weighted by Gasteiger charge is 2.03. The molecule has 0 aliphatic heterocycles. The van der Waals surface area contributed by atoms with Gasteiger partial charge in [-0.25, -0.2) is 0 Å². The second kappa shape index (κ2) is 5.69. The number of nitrogens with two attached hydrogens (primary N) is 1. The molecule has 19 heavy (non-hydrogen) atoms. The third kappa shape index (κ3) is 3.11. The number of hydrogen-bond donors (Lipinski definition) is 2. The minimum Gasteiger partial charge on any atom is -0.380 e. The van der Waals surface area contributed by atoms with Gasteiger partial charge in [0.1, 0.15) is 6.07 Å². The van der Waals surface area contributed by atoms with Gasteiger partial charge in [-0.15, -0.1) is 0 Å². The van der Waals surface area contributed by atoms with E-state index in [0.29, 0.717) is 17.7 Å². The number of nitrogens with one attached hydrogen (secondary N) is 1. The number of carbonyl (C=O) groups is 1. The number of benzene rings is 2. The van der Waals surface area contributed by atoms with Crippen LogP contribution in [0.2, 0.25) is 0 Å². The van der Waals surface area contributed by atoms with Gasteiger partial charge in [-0.2, -0.15) is 5.26 Å². The molecule has 0 aromatic heterocycles. The van der Waals surface area contributed by atoms with Crippen molar-refractivity contribution in [1.29, 1.82) is 5.26 Å². The molecule has 3 N–H and O–H groups in total. The Labute approximate surface area is 111 Å². The van der Waals surface area contributed by atoms with E-state index >= 15 is 0 Å². The van der Waals surface area contributed by atoms with Crippen molar-refractivity contribution in [2.24, 2.45) is 5.73 Å². The first-order valence-corrected chi connectivity index (χ1v) is 5.82. The van der Waals surface area contributed by atoms with Gasteiger partial charge in [-0.05, 0) is 29.8 Å². The van der Waals surface area contributed by atoms with Crippen molar-refractivity contribution in [3.63, 3.8) is 0 Å². The zero-order chi connectivity index (χ0) is 13.7. The van der Waals surface area contributed by atoms with Crippen molar-refractivity contribution in [2.45, 2.75) is 6.54 Å². The molecule has 0 heterocycles. The molecular formula is C15H13N3O. The summed E-state index contributed by atoms with van der Waals surface area (Å²) < 4.78 is 0. The van der Waals surface area contributed by atoms with Crippen LogP contribution in [0.5, 0.6) is 0 Å². The van der Waals surface area contributed by atoms with Crippen LogP contribution in [0.3, 0.4) is 0 Å². The van der Waals surface area contributed by atoms with E-state index in [9.17, 15) is 4.79 Å². The summed E-state index contributed by atoms with van der Waals surface area (Å²) in [6, 6.07) is 16.5. The largest absolute Gasteiger partial charge is 0.380 e. The molecule has 0 unspecified atom stereocenters. The van der Waals surface area contributed by atoms with E-state index in [1.54, 1.807) is 24.3 Å². The van der Waals surface area contributed by atoms with Gasteiger partial charge in [0.05, 0.1) is 11.3 Å². The topological polar surface area (TPSA) is 78.9 Å². The number of para-hydroxylation sites is 1. The molecule has 0 atom stereocenters. The number of rotatable bonds is 4. The van der Waals surface area contributed by atoms with Gasteiger partial charge < -0.3 is 11.1 Å². The average molecular weight is 251 g/mol. The van der Waals surface area contributed by atoms with Crippen LogP contribution in [-0.2, 0) is 6.54 Å². The second-order valence-electron chi connectivity index (χ2n) is 4.08. The predicted molar refractivity (Wildman–Crippen MR) is 73.4 cm³/mol. The third-order valence-corrected chi connectivity index (χ3v) is 2.74. The summed E-state index contributed by atoms with van der Waals surface area (Å²) in [4.78, 5) is 11.1. The minimum absolute atomic E-state index is 0.445. The van der Waals surface area contributed by atoms with E-state index in [4.69, 9.17) is 11.0 Å². The molecule has 0 aliphatic rings. The fraction of sp³-hybridized carbons (Fsp3) is 0.0667. The molecule has 1 amide bonds. The molecule has 0 spiro atoms. The Balaban J connectivity index is 2.13. The fourth-order valence-corrected chi connectivity index (χ4v) is 1.77. The SMILES string of the molecule is N#Cc1ccccc1NCc1cccc(C(N)=O)c1. The standard InChI is InChI=1S/C15H13N3O/c16-9-13-5-1-2-7-14(13)18-10-11-4-3-6-12(8-11)15(17)19/h1-8,18H,10H2,(H2,17,19). The van der Waals surface area contributed by atoms with Crippen LogP contribution in [0.25, 0.3) is 0 Å². The molecule has 2 aromatic rings. The zero-order valence-corrected chi connectivity index (χ0v) is 10.3. The molecule has 4 nitrogen and oxygen atoms in total. The quantitative estimate of drug-likeness (QED) is 0.874. The molecule has 2 aromatic carbocycles. The smallest absolute Gasteiger partial charge is 0.248 e. The van der Waals surface area contributed by atoms with Gasteiger partial charge >= 0.3 is 0 Å². The summed E-state index contributed by atoms with van der Waals surface area (Å²) in [5, 5.41) is 12.2. The van der Waals surface area contributed by atoms with Crippen LogP contribution in [0, 0.1) is 11.3 Å². The van der Waals surface area contributed by atoms with Crippen molar-refractivity contribution in [2.75, 3.05) is 5.32 Å². The number of anilines is 1. The molecule has 4 heteroatoms. The maximum absolute atomic E-state index is 11.1. The molecule has 0 fully saturated rings. The van der Waals surface area contributed by atoms with Crippen LogP contribution in [-0.4, -0.2) is 5.91 Å². The van der Waals surface area contributed by atoms with Crippen molar-refractivity contribution >= 4 is 11.6 Å². The summed E-state index contributed by atoms with van der Waals surface area (Å²) in [7, 11) is 0. The van der Waals surface area contributed by atoms with Crippen LogP contribution >= 0.6 is 0 Å². The highest BCUT2D eigenvalue weighted by Crippen LogP contribution is 2.15. The van der Waals surface area contributed by atoms with Crippen LogP contribution in [0.1, 0.15) is 21.5 Å². The van der Waals surface area contributed by atoms with E-state index in [0.717, 1.165) is 11.3 Å². The Morgan fingerprint density at radius 1 is 1.21 bits per heavy atom. The van der Waals surface area contributed by atoms with E-state index < -0.39 is 5.91 Å². The van der Waals surface area contributed by atoms with E-state index in [1.165, 1.54) is 0 Å². The predicted octanol–water partition coefficient (Wildman–Crippen LogP) is 2.27. The first-order valence-electron chi connectivity index (χ1n) is 5.82. The van der Waals surface area contributed by atoms with Crippen LogP contribution in [0.4, 0.5) is 5.69 Å². The van der Waals surface area contributed by atoms with Crippen molar-refractivity contribution in [3.05, 3.63) is 65.2 Å². The highest BCUT2D eigenvalue weighted by molar-refractivity contribution is 5.92. The molecule has 0 saturated heterocycles. The fourth-order valence-electron chi connectivity index (χ4n) is 1.77. The first kappa shape index (κ1) is 12.7. The lowest BCUT2D eigenvalue weighted by atomic mass is 10.1. The lowest BCUT2D eigenvalue weighted by molar-refractivity contribution is 0.1000. The molecular weight excluding hydrogens is 238 g/mol. The van der Waals surface area contributed by atoms with Crippen molar-refractivity contribution in [3.8, 4) is 6.07 Å². The lowest BCUT2D eigenvalue weighted by Crippen LogP contribution is -2.11. The highest BCUT2D eigenvalue weighted by atomic mass is 16.1. The number of nitrogens with zero attached hydrogens (tertiary/aromatic N) is 1. The Hall–Kier alpha value is -2.80. The summed E-state index contributed by atoms with van der Waals surface area (Å²) in [6.45, 7) is 0.528. The summed E-state index contributed by atoms with van der Waals surface area (Å²) >= 11 is 0. The van der Waals surface area contributed by atoms with Crippen LogP contribution in [0.15, 0.2) is 48.5 Å². The molecule has 0 radical (unpaired) electrons. The number of hydrogen-bond acceptors (Lipinski definition) is 3. The first-order chi connectivity index (χ1) is 9.20. The van der Waals surface area contributed by atoms with Gasteiger partial charge in [-0.3, -0.25) is 4.79 Å². The van der Waals surface area contributed by atoms with Crippen molar-refractivity contribution in [1.82, 2.24) is 0 Å². The van der Waals surface area contributed by atoms with Gasteiger partial charge in [0.15, 0.2) is 0 Å². The molecule has 0 bridgehead atoms. The number of primary amides is 1.